The van der Waals surface area contributed by atoms with Crippen molar-refractivity contribution in [2.75, 3.05) is 18.9 Å². The van der Waals surface area contributed by atoms with Crippen LogP contribution in [0.1, 0.15) is 6.42 Å². The molecule has 0 radical (unpaired) electrons. The van der Waals surface area contributed by atoms with E-state index in [1.54, 1.807) is 5.32 Å². The Morgan fingerprint density at radius 1 is 0.944 bits per heavy atom. The van der Waals surface area contributed by atoms with Crippen LogP contribution in [0, 0.1) is 29.1 Å². The van der Waals surface area contributed by atoms with E-state index >= 15 is 0 Å². The maximum Gasteiger partial charge on any atom is 0.225 e. The van der Waals surface area contributed by atoms with Crippen molar-refractivity contribution in [3.63, 3.8) is 0 Å². The highest BCUT2D eigenvalue weighted by Gasteiger charge is 2.26. The highest BCUT2D eigenvalue weighted by atomic mass is 19.2. The Balaban J connectivity index is 3.06. The molecule has 0 aliphatic rings. The quantitative estimate of drug-likeness (QED) is 0.497. The van der Waals surface area contributed by atoms with Gasteiger partial charge in [0, 0.05) is 13.0 Å². The molecular formula is C10H9F5N2O. The molecule has 8 heteroatoms. The number of amides is 1. The smallest absolute Gasteiger partial charge is 0.225 e. The van der Waals surface area contributed by atoms with Gasteiger partial charge in [0.2, 0.25) is 11.7 Å². The van der Waals surface area contributed by atoms with Crippen molar-refractivity contribution in [3.05, 3.63) is 29.1 Å². The normalized spacial score (nSPS) is 10.6. The molecule has 0 unspecified atom stereocenters. The van der Waals surface area contributed by atoms with Crippen molar-refractivity contribution >= 4 is 11.6 Å². The van der Waals surface area contributed by atoms with E-state index in [9.17, 15) is 26.7 Å². The van der Waals surface area contributed by atoms with Crippen LogP contribution in [0.15, 0.2) is 0 Å². The van der Waals surface area contributed by atoms with Gasteiger partial charge in [-0.3, -0.25) is 4.79 Å². The van der Waals surface area contributed by atoms with Crippen molar-refractivity contribution < 1.29 is 26.7 Å². The maximum absolute atomic E-state index is 13.1. The second kappa shape index (κ2) is 5.76. The molecule has 0 saturated heterocycles. The molecule has 1 aromatic carbocycles. The lowest BCUT2D eigenvalue weighted by atomic mass is 10.2. The molecule has 3 nitrogen and oxygen atoms in total. The summed E-state index contributed by atoms with van der Waals surface area (Å²) in [6.45, 7) is 0.196. The van der Waals surface area contributed by atoms with Gasteiger partial charge in [0.1, 0.15) is 5.69 Å². The molecule has 0 heterocycles. The lowest BCUT2D eigenvalue weighted by Gasteiger charge is -2.09. The van der Waals surface area contributed by atoms with E-state index in [4.69, 9.17) is 0 Å². The second-order valence-electron chi connectivity index (χ2n) is 3.35. The van der Waals surface area contributed by atoms with Crippen LogP contribution >= 0.6 is 0 Å². The Morgan fingerprint density at radius 2 is 1.39 bits per heavy atom. The molecule has 0 saturated carbocycles. The molecule has 1 amide bonds. The summed E-state index contributed by atoms with van der Waals surface area (Å²) in [6, 6.07) is 0. The molecule has 1 rings (SSSR count). The maximum atomic E-state index is 13.1. The Morgan fingerprint density at radius 3 is 1.83 bits per heavy atom. The van der Waals surface area contributed by atoms with Gasteiger partial charge in [-0.15, -0.1) is 0 Å². The largest absolute Gasteiger partial charge is 0.321 e. The number of nitrogens with one attached hydrogen (secondary N) is 2. The van der Waals surface area contributed by atoms with E-state index in [-0.39, 0.29) is 13.0 Å². The van der Waals surface area contributed by atoms with Crippen molar-refractivity contribution in [1.29, 1.82) is 0 Å². The van der Waals surface area contributed by atoms with E-state index in [1.165, 1.54) is 7.05 Å². The summed E-state index contributed by atoms with van der Waals surface area (Å²) < 4.78 is 64.5. The molecule has 0 fully saturated rings. The predicted octanol–water partition coefficient (Wildman–Crippen LogP) is 1.93. The van der Waals surface area contributed by atoms with E-state index in [0.717, 1.165) is 0 Å². The Bertz CT molecular complexity index is 449. The second-order valence-corrected chi connectivity index (χ2v) is 3.35. The molecule has 0 aliphatic heterocycles. The van der Waals surface area contributed by atoms with Gasteiger partial charge in [-0.2, -0.15) is 0 Å². The first-order valence-electron chi connectivity index (χ1n) is 4.86. The van der Waals surface area contributed by atoms with Gasteiger partial charge in [-0.25, -0.2) is 22.0 Å². The van der Waals surface area contributed by atoms with Gasteiger partial charge in [0.25, 0.3) is 0 Å². The van der Waals surface area contributed by atoms with E-state index in [2.05, 4.69) is 5.32 Å². The fourth-order valence-corrected chi connectivity index (χ4v) is 1.16. The number of rotatable bonds is 4. The minimum absolute atomic E-state index is 0.171. The predicted molar refractivity (Wildman–Crippen MR) is 53.4 cm³/mol. The van der Waals surface area contributed by atoms with Crippen LogP contribution in [0.4, 0.5) is 27.6 Å². The Labute approximate surface area is 99.0 Å². The minimum atomic E-state index is -2.27. The van der Waals surface area contributed by atoms with Crippen molar-refractivity contribution in [2.45, 2.75) is 6.42 Å². The summed E-state index contributed by atoms with van der Waals surface area (Å²) in [5.41, 5.74) is -1.34. The SMILES string of the molecule is CNCCC(=O)Nc1c(F)c(F)c(F)c(F)c1F. The molecule has 0 bridgehead atoms. The number of anilines is 1. The van der Waals surface area contributed by atoms with Crippen LogP contribution in [-0.2, 0) is 4.79 Å². The minimum Gasteiger partial charge on any atom is -0.321 e. The first-order valence-corrected chi connectivity index (χ1v) is 4.86. The Hall–Kier alpha value is -1.70. The summed E-state index contributed by atoms with van der Waals surface area (Å²) in [5, 5.41) is 4.24. The molecule has 100 valence electrons. The number of hydrogen-bond donors (Lipinski definition) is 2. The number of carbonyl (C=O) groups is 1. The fraction of sp³-hybridized carbons (Fsp3) is 0.300. The van der Waals surface area contributed by atoms with Gasteiger partial charge < -0.3 is 10.6 Å². The van der Waals surface area contributed by atoms with Crippen molar-refractivity contribution in [1.82, 2.24) is 5.32 Å². The molecule has 0 aliphatic carbocycles. The first kappa shape index (κ1) is 14.4. The fourth-order valence-electron chi connectivity index (χ4n) is 1.16. The van der Waals surface area contributed by atoms with Crippen LogP contribution < -0.4 is 10.6 Å². The summed E-state index contributed by atoms with van der Waals surface area (Å²) in [6.07, 6.45) is -0.171. The molecule has 0 spiro atoms. The number of hydrogen-bond acceptors (Lipinski definition) is 2. The van der Waals surface area contributed by atoms with Gasteiger partial charge >= 0.3 is 0 Å². The third-order valence-corrected chi connectivity index (χ3v) is 2.08. The zero-order chi connectivity index (χ0) is 13.9. The van der Waals surface area contributed by atoms with Crippen LogP contribution in [0.25, 0.3) is 0 Å². The van der Waals surface area contributed by atoms with E-state index in [0.29, 0.717) is 0 Å². The van der Waals surface area contributed by atoms with Gasteiger partial charge in [0.15, 0.2) is 23.3 Å². The monoisotopic (exact) mass is 268 g/mol. The van der Waals surface area contributed by atoms with Gasteiger partial charge in [-0.05, 0) is 7.05 Å². The lowest BCUT2D eigenvalue weighted by Crippen LogP contribution is -2.21. The molecule has 2 N–H and O–H groups in total. The topological polar surface area (TPSA) is 41.1 Å². The average molecular weight is 268 g/mol. The molecular weight excluding hydrogens is 259 g/mol. The summed E-state index contributed by atoms with van der Waals surface area (Å²) in [4.78, 5) is 11.2. The standard InChI is InChI=1S/C10H9F5N2O/c1-16-3-2-4(18)17-10-8(14)6(12)5(11)7(13)9(10)15/h16H,2-3H2,1H3,(H,17,18). The average Bonchev–Trinajstić information content (AvgIpc) is 2.36. The third-order valence-electron chi connectivity index (χ3n) is 2.08. The highest BCUT2D eigenvalue weighted by molar-refractivity contribution is 5.91. The zero-order valence-electron chi connectivity index (χ0n) is 9.21. The van der Waals surface area contributed by atoms with E-state index in [1.807, 2.05) is 0 Å². The van der Waals surface area contributed by atoms with Crippen LogP contribution in [-0.4, -0.2) is 19.5 Å². The summed E-state index contributed by atoms with van der Waals surface area (Å²) >= 11 is 0. The molecule has 18 heavy (non-hydrogen) atoms. The molecule has 0 atom stereocenters. The number of halogens is 5. The van der Waals surface area contributed by atoms with Crippen LogP contribution in [0.3, 0.4) is 0 Å². The van der Waals surface area contributed by atoms with Gasteiger partial charge in [0.05, 0.1) is 0 Å². The van der Waals surface area contributed by atoms with Gasteiger partial charge in [-0.1, -0.05) is 0 Å². The van der Waals surface area contributed by atoms with Crippen LogP contribution in [0.2, 0.25) is 0 Å². The van der Waals surface area contributed by atoms with Crippen LogP contribution in [0.5, 0.6) is 0 Å². The van der Waals surface area contributed by atoms with Crippen molar-refractivity contribution in [2.24, 2.45) is 0 Å². The van der Waals surface area contributed by atoms with E-state index < -0.39 is 40.7 Å². The highest BCUT2D eigenvalue weighted by Crippen LogP contribution is 2.27. The Kier molecular flexibility index (Phi) is 4.60. The molecule has 1 aromatic rings. The number of benzene rings is 1. The number of carbonyl (C=O) groups excluding carboxylic acids is 1. The summed E-state index contributed by atoms with van der Waals surface area (Å²) in [7, 11) is 1.53. The van der Waals surface area contributed by atoms with Crippen molar-refractivity contribution in [3.8, 4) is 0 Å². The first-order chi connectivity index (χ1) is 8.40. The third kappa shape index (κ3) is 2.76. The zero-order valence-corrected chi connectivity index (χ0v) is 9.21. The summed E-state index contributed by atoms with van der Waals surface area (Å²) in [5.74, 6) is -11.5. The lowest BCUT2D eigenvalue weighted by molar-refractivity contribution is -0.116. The molecule has 0 aromatic heterocycles.